The zero-order valence-electron chi connectivity index (χ0n) is 19.3. The third-order valence-electron chi connectivity index (χ3n) is 5.95. The highest BCUT2D eigenvalue weighted by Gasteiger charge is 2.12. The molecule has 0 fully saturated rings. The summed E-state index contributed by atoms with van der Waals surface area (Å²) in [6.07, 6.45) is 4.07. The van der Waals surface area contributed by atoms with Crippen LogP contribution in [0.15, 0.2) is 30.4 Å². The molecule has 1 aromatic heterocycles. The summed E-state index contributed by atoms with van der Waals surface area (Å²) >= 11 is 0. The van der Waals surface area contributed by atoms with E-state index in [1.54, 1.807) is 6.92 Å². The number of benzene rings is 1. The standard InChI is InChI=1S/C25H34FN5/c1-16-12-24-23(14-27-11-10-17(2)31(6)15-16)25(30-20(5)29-24)28-13-21-8-7-9-22(18(21)3)19(4)26/h7-9,12,14,17,19,27H,1,10-11,13,15H2,2-6H3,(H,28,29,30)/b23-14+,24-12+/t17-,19?/m1/s1. The molecule has 0 spiro atoms. The molecule has 0 bridgehead atoms. The fourth-order valence-corrected chi connectivity index (χ4v) is 3.90. The third kappa shape index (κ3) is 5.70. The molecule has 2 atom stereocenters. The maximum absolute atomic E-state index is 13.9. The Bertz CT molecular complexity index is 1060. The summed E-state index contributed by atoms with van der Waals surface area (Å²) in [7, 11) is 2.12. The number of nitrogens with zero attached hydrogens (tertiary/aromatic N) is 3. The monoisotopic (exact) mass is 423 g/mol. The van der Waals surface area contributed by atoms with Gasteiger partial charge in [0.15, 0.2) is 0 Å². The van der Waals surface area contributed by atoms with Gasteiger partial charge in [-0.15, -0.1) is 0 Å². The largest absolute Gasteiger partial charge is 0.390 e. The average Bonchev–Trinajstić information content (AvgIpc) is 2.72. The van der Waals surface area contributed by atoms with E-state index in [9.17, 15) is 4.39 Å². The predicted molar refractivity (Wildman–Crippen MR) is 127 cm³/mol. The first kappa shape index (κ1) is 22.9. The molecule has 0 radical (unpaired) electrons. The van der Waals surface area contributed by atoms with Crippen LogP contribution in [0, 0.1) is 13.8 Å². The summed E-state index contributed by atoms with van der Waals surface area (Å²) in [5.41, 5.74) is 3.77. The Morgan fingerprint density at radius 3 is 2.84 bits per heavy atom. The topological polar surface area (TPSA) is 53.1 Å². The Hall–Kier alpha value is -2.73. The normalized spacial score (nSPS) is 20.8. The van der Waals surface area contributed by atoms with E-state index in [1.807, 2.05) is 44.3 Å². The number of halogens is 1. The second-order valence-electron chi connectivity index (χ2n) is 8.47. The van der Waals surface area contributed by atoms with Crippen molar-refractivity contribution in [3.63, 3.8) is 0 Å². The lowest BCUT2D eigenvalue weighted by atomic mass is 9.99. The lowest BCUT2D eigenvalue weighted by Gasteiger charge is -2.24. The number of hydrogen-bond donors (Lipinski definition) is 2. The van der Waals surface area contributed by atoms with Gasteiger partial charge < -0.3 is 10.6 Å². The van der Waals surface area contributed by atoms with Crippen molar-refractivity contribution in [2.75, 3.05) is 25.5 Å². The quantitative estimate of drug-likeness (QED) is 0.791. The molecule has 31 heavy (non-hydrogen) atoms. The number of fused-ring (bicyclic) bond motifs is 1. The molecular formula is C25H34FN5. The first-order valence-electron chi connectivity index (χ1n) is 10.9. The molecule has 3 rings (SSSR count). The lowest BCUT2D eigenvalue weighted by Crippen LogP contribution is -2.35. The summed E-state index contributed by atoms with van der Waals surface area (Å²) in [4.78, 5) is 11.6. The van der Waals surface area contributed by atoms with Crippen molar-refractivity contribution in [3.8, 4) is 0 Å². The van der Waals surface area contributed by atoms with Gasteiger partial charge in [0, 0.05) is 31.9 Å². The van der Waals surface area contributed by atoms with E-state index in [2.05, 4.69) is 46.1 Å². The van der Waals surface area contributed by atoms with Gasteiger partial charge >= 0.3 is 0 Å². The number of aromatic nitrogens is 2. The van der Waals surface area contributed by atoms with Gasteiger partial charge in [-0.05, 0) is 69.5 Å². The van der Waals surface area contributed by atoms with Crippen LogP contribution < -0.4 is 21.2 Å². The molecule has 0 aliphatic carbocycles. The van der Waals surface area contributed by atoms with Crippen LogP contribution in [-0.4, -0.2) is 41.0 Å². The molecule has 5 nitrogen and oxygen atoms in total. The highest BCUT2D eigenvalue weighted by atomic mass is 19.1. The smallest absolute Gasteiger partial charge is 0.139 e. The van der Waals surface area contributed by atoms with Crippen LogP contribution in [0.2, 0.25) is 0 Å². The van der Waals surface area contributed by atoms with E-state index in [0.29, 0.717) is 18.4 Å². The van der Waals surface area contributed by atoms with Crippen molar-refractivity contribution in [2.45, 2.75) is 52.9 Å². The molecule has 0 saturated heterocycles. The first-order chi connectivity index (χ1) is 14.8. The van der Waals surface area contributed by atoms with E-state index < -0.39 is 6.17 Å². The zero-order chi connectivity index (χ0) is 22.5. The molecule has 0 amide bonds. The van der Waals surface area contributed by atoms with Crippen molar-refractivity contribution in [2.24, 2.45) is 0 Å². The SMILES string of the molecule is C=C1/C=c2/nc(C)nc(NCc3cccc(C(C)F)c3C)/c2=C/NCC[C@@H](C)N(C)C1. The van der Waals surface area contributed by atoms with Gasteiger partial charge in [-0.2, -0.15) is 0 Å². The number of rotatable bonds is 4. The van der Waals surface area contributed by atoms with Crippen molar-refractivity contribution in [1.29, 1.82) is 0 Å². The minimum Gasteiger partial charge on any atom is -0.390 e. The van der Waals surface area contributed by atoms with Crippen LogP contribution in [0.4, 0.5) is 10.2 Å². The minimum atomic E-state index is -0.989. The van der Waals surface area contributed by atoms with E-state index in [1.165, 1.54) is 0 Å². The Morgan fingerprint density at radius 2 is 2.10 bits per heavy atom. The second-order valence-corrected chi connectivity index (χ2v) is 8.47. The minimum absolute atomic E-state index is 0.450. The van der Waals surface area contributed by atoms with Gasteiger partial charge in [0.05, 0.1) is 10.6 Å². The molecule has 1 unspecified atom stereocenters. The summed E-state index contributed by atoms with van der Waals surface area (Å²) < 4.78 is 13.9. The molecular weight excluding hydrogens is 389 g/mol. The molecule has 2 aromatic rings. The Kier molecular flexibility index (Phi) is 7.44. The van der Waals surface area contributed by atoms with Gasteiger partial charge in [-0.25, -0.2) is 14.4 Å². The molecule has 1 aliphatic heterocycles. The Morgan fingerprint density at radius 1 is 1.32 bits per heavy atom. The number of likely N-dealkylation sites (N-methyl/N-ethyl adjacent to an activating group) is 1. The van der Waals surface area contributed by atoms with Crippen molar-refractivity contribution in [1.82, 2.24) is 20.2 Å². The fourth-order valence-electron chi connectivity index (χ4n) is 3.90. The van der Waals surface area contributed by atoms with E-state index >= 15 is 0 Å². The average molecular weight is 424 g/mol. The molecule has 0 saturated carbocycles. The molecule has 1 aliphatic rings. The highest BCUT2D eigenvalue weighted by Crippen LogP contribution is 2.23. The van der Waals surface area contributed by atoms with E-state index in [0.717, 1.165) is 58.2 Å². The van der Waals surface area contributed by atoms with Gasteiger partial charge in [0.25, 0.3) is 0 Å². The maximum Gasteiger partial charge on any atom is 0.139 e. The van der Waals surface area contributed by atoms with Crippen molar-refractivity contribution >= 4 is 18.1 Å². The maximum atomic E-state index is 13.9. The van der Waals surface area contributed by atoms with Crippen LogP contribution >= 0.6 is 0 Å². The van der Waals surface area contributed by atoms with Crippen LogP contribution in [0.1, 0.15) is 49.0 Å². The van der Waals surface area contributed by atoms with Gasteiger partial charge in [0.2, 0.25) is 0 Å². The van der Waals surface area contributed by atoms with E-state index in [4.69, 9.17) is 0 Å². The number of hydrogen-bond acceptors (Lipinski definition) is 5. The van der Waals surface area contributed by atoms with Crippen LogP contribution in [0.5, 0.6) is 0 Å². The lowest BCUT2D eigenvalue weighted by molar-refractivity contribution is 0.269. The number of alkyl halides is 1. The number of aryl methyl sites for hydroxylation is 1. The highest BCUT2D eigenvalue weighted by molar-refractivity contribution is 5.51. The Labute approximate surface area is 184 Å². The van der Waals surface area contributed by atoms with Crippen molar-refractivity contribution < 1.29 is 4.39 Å². The fraction of sp³-hybridized carbons (Fsp3) is 0.440. The van der Waals surface area contributed by atoms with Crippen LogP contribution in [0.25, 0.3) is 12.3 Å². The van der Waals surface area contributed by atoms with Crippen molar-refractivity contribution in [3.05, 3.63) is 63.4 Å². The van der Waals surface area contributed by atoms with Gasteiger partial charge in [0.1, 0.15) is 17.8 Å². The predicted octanol–water partition coefficient (Wildman–Crippen LogP) is 3.12. The van der Waals surface area contributed by atoms with E-state index in [-0.39, 0.29) is 0 Å². The van der Waals surface area contributed by atoms with Gasteiger partial charge in [-0.3, -0.25) is 4.90 Å². The molecule has 1 aromatic carbocycles. The molecule has 2 heterocycles. The summed E-state index contributed by atoms with van der Waals surface area (Å²) in [5.74, 6) is 1.45. The number of anilines is 1. The molecule has 6 heteroatoms. The zero-order valence-corrected chi connectivity index (χ0v) is 19.3. The third-order valence-corrected chi connectivity index (χ3v) is 5.95. The Balaban J connectivity index is 1.99. The number of nitrogens with one attached hydrogen (secondary N) is 2. The summed E-state index contributed by atoms with van der Waals surface area (Å²) in [5, 5.41) is 8.65. The first-order valence-corrected chi connectivity index (χ1v) is 10.9. The summed E-state index contributed by atoms with van der Waals surface area (Å²) in [6.45, 7) is 14.1. The van der Waals surface area contributed by atoms with Crippen LogP contribution in [-0.2, 0) is 6.54 Å². The molecule has 2 N–H and O–H groups in total. The summed E-state index contributed by atoms with van der Waals surface area (Å²) in [6, 6.07) is 6.23. The second kappa shape index (κ2) is 10.1. The van der Waals surface area contributed by atoms with Gasteiger partial charge in [-0.1, -0.05) is 24.8 Å². The van der Waals surface area contributed by atoms with Crippen LogP contribution in [0.3, 0.4) is 0 Å². The molecule has 166 valence electrons.